The van der Waals surface area contributed by atoms with Gasteiger partial charge in [0.2, 0.25) is 0 Å². The van der Waals surface area contributed by atoms with Crippen LogP contribution in [0.3, 0.4) is 0 Å². The molecule has 0 saturated carbocycles. The summed E-state index contributed by atoms with van der Waals surface area (Å²) < 4.78 is 4.58. The van der Waals surface area contributed by atoms with Gasteiger partial charge in [0.15, 0.2) is 16.7 Å². The first-order valence-corrected chi connectivity index (χ1v) is 9.65. The minimum atomic E-state index is -0.649. The molecule has 0 bridgehead atoms. The van der Waals surface area contributed by atoms with Crippen LogP contribution in [0.5, 0.6) is 0 Å². The Morgan fingerprint density at radius 1 is 1.37 bits per heavy atom. The van der Waals surface area contributed by atoms with Gasteiger partial charge in [0, 0.05) is 18.3 Å². The second-order valence-electron chi connectivity index (χ2n) is 6.15. The third kappa shape index (κ3) is 4.66. The summed E-state index contributed by atoms with van der Waals surface area (Å²) in [6.45, 7) is 5.77. The standard InChI is InChI=1S/C20H19N5O4S/c1-4-9-25-19(28)14(10-15(26)29-3)30-20(25)24-17-16(21-11-22-17)18(27)23-13-7-5-12(2)6-8-13/h4-8,10-11H,1,9H2,2-3H3,(H,21,22)(H,23,27)/b14-10+,24-20?. The van der Waals surface area contributed by atoms with Gasteiger partial charge in [-0.1, -0.05) is 23.8 Å². The second kappa shape index (κ2) is 9.23. The minimum absolute atomic E-state index is 0.114. The number of esters is 1. The van der Waals surface area contributed by atoms with Crippen LogP contribution in [0, 0.1) is 6.92 Å². The summed E-state index contributed by atoms with van der Waals surface area (Å²) in [7, 11) is 1.22. The maximum atomic E-state index is 12.6. The van der Waals surface area contributed by atoms with E-state index < -0.39 is 17.8 Å². The number of aryl methyl sites for hydroxylation is 1. The van der Waals surface area contributed by atoms with Gasteiger partial charge in [0.1, 0.15) is 0 Å². The molecule has 0 radical (unpaired) electrons. The summed E-state index contributed by atoms with van der Waals surface area (Å²) >= 11 is 0.988. The van der Waals surface area contributed by atoms with Crippen LogP contribution in [0.2, 0.25) is 0 Å². The molecule has 2 amide bonds. The van der Waals surface area contributed by atoms with Crippen molar-refractivity contribution in [2.45, 2.75) is 6.92 Å². The summed E-state index contributed by atoms with van der Waals surface area (Å²) in [6.07, 6.45) is 3.97. The molecule has 1 fully saturated rings. The average Bonchev–Trinajstić information content (AvgIpc) is 3.30. The Kier molecular flexibility index (Phi) is 6.48. The monoisotopic (exact) mass is 425 g/mol. The van der Waals surface area contributed by atoms with E-state index in [1.807, 2.05) is 19.1 Å². The van der Waals surface area contributed by atoms with E-state index in [4.69, 9.17) is 0 Å². The van der Waals surface area contributed by atoms with Crippen LogP contribution in [0.15, 0.2) is 59.2 Å². The predicted molar refractivity (Wildman–Crippen MR) is 114 cm³/mol. The third-order valence-electron chi connectivity index (χ3n) is 4.01. The molecule has 10 heteroatoms. The molecule has 0 unspecified atom stereocenters. The van der Waals surface area contributed by atoms with E-state index in [9.17, 15) is 14.4 Å². The predicted octanol–water partition coefficient (Wildman–Crippen LogP) is 2.78. The van der Waals surface area contributed by atoms with Gasteiger partial charge in [-0.2, -0.15) is 0 Å². The number of carbonyl (C=O) groups is 3. The molecule has 1 aliphatic heterocycles. The number of hydrogen-bond acceptors (Lipinski definition) is 7. The molecule has 1 saturated heterocycles. The van der Waals surface area contributed by atoms with Crippen molar-refractivity contribution in [3.8, 4) is 0 Å². The molecule has 30 heavy (non-hydrogen) atoms. The first-order valence-electron chi connectivity index (χ1n) is 8.83. The lowest BCUT2D eigenvalue weighted by Gasteiger charge is -2.12. The van der Waals surface area contributed by atoms with Crippen molar-refractivity contribution in [2.75, 3.05) is 19.0 Å². The van der Waals surface area contributed by atoms with E-state index in [1.165, 1.54) is 24.4 Å². The van der Waals surface area contributed by atoms with Crippen molar-refractivity contribution in [3.05, 3.63) is 65.5 Å². The van der Waals surface area contributed by atoms with Crippen molar-refractivity contribution in [3.63, 3.8) is 0 Å². The number of amidine groups is 1. The second-order valence-corrected chi connectivity index (χ2v) is 7.16. The van der Waals surface area contributed by atoms with Gasteiger partial charge in [-0.25, -0.2) is 14.8 Å². The number of imidazole rings is 1. The quantitative estimate of drug-likeness (QED) is 0.418. The number of benzene rings is 1. The number of methoxy groups -OCH3 is 1. The van der Waals surface area contributed by atoms with Crippen molar-refractivity contribution < 1.29 is 19.1 Å². The number of anilines is 1. The van der Waals surface area contributed by atoms with E-state index in [1.54, 1.807) is 12.1 Å². The summed E-state index contributed by atoms with van der Waals surface area (Å²) in [5, 5.41) is 3.04. The molecule has 0 spiro atoms. The van der Waals surface area contributed by atoms with E-state index in [-0.39, 0.29) is 28.1 Å². The van der Waals surface area contributed by atoms with E-state index in [2.05, 4.69) is 31.6 Å². The highest BCUT2D eigenvalue weighted by molar-refractivity contribution is 8.18. The highest BCUT2D eigenvalue weighted by atomic mass is 32.2. The number of amides is 2. The van der Waals surface area contributed by atoms with Gasteiger partial charge in [0.05, 0.1) is 18.3 Å². The smallest absolute Gasteiger partial charge is 0.331 e. The summed E-state index contributed by atoms with van der Waals surface area (Å²) in [5.74, 6) is -1.37. The van der Waals surface area contributed by atoms with Crippen molar-refractivity contribution >= 4 is 46.2 Å². The Morgan fingerprint density at radius 2 is 2.10 bits per heavy atom. The first kappa shape index (κ1) is 21.1. The number of aliphatic imine (C=N–C) groups is 1. The highest BCUT2D eigenvalue weighted by Gasteiger charge is 2.34. The van der Waals surface area contributed by atoms with Gasteiger partial charge < -0.3 is 15.0 Å². The van der Waals surface area contributed by atoms with Crippen LogP contribution in [0.1, 0.15) is 16.1 Å². The fourth-order valence-corrected chi connectivity index (χ4v) is 3.46. The zero-order valence-electron chi connectivity index (χ0n) is 16.3. The van der Waals surface area contributed by atoms with Crippen LogP contribution in [0.4, 0.5) is 11.5 Å². The van der Waals surface area contributed by atoms with Gasteiger partial charge in [-0.05, 0) is 30.8 Å². The summed E-state index contributed by atoms with van der Waals surface area (Å²) in [4.78, 5) is 49.5. The Hall–Kier alpha value is -3.66. The lowest BCUT2D eigenvalue weighted by atomic mass is 10.2. The topological polar surface area (TPSA) is 117 Å². The Balaban J connectivity index is 1.88. The molecule has 154 valence electrons. The number of H-pyrrole nitrogens is 1. The first-order chi connectivity index (χ1) is 14.4. The van der Waals surface area contributed by atoms with Crippen LogP contribution in [-0.4, -0.2) is 51.5 Å². The number of nitrogens with one attached hydrogen (secondary N) is 2. The van der Waals surface area contributed by atoms with E-state index >= 15 is 0 Å². The summed E-state index contributed by atoms with van der Waals surface area (Å²) in [6, 6.07) is 7.34. The van der Waals surface area contributed by atoms with Crippen molar-refractivity contribution in [1.82, 2.24) is 14.9 Å². The number of nitrogens with zero attached hydrogens (tertiary/aromatic N) is 3. The molecule has 3 rings (SSSR count). The molecule has 2 aromatic rings. The van der Waals surface area contributed by atoms with E-state index in [0.717, 1.165) is 23.4 Å². The molecule has 1 aliphatic rings. The molecular weight excluding hydrogens is 406 g/mol. The zero-order chi connectivity index (χ0) is 21.7. The molecule has 1 aromatic heterocycles. The number of aromatic amines is 1. The Labute approximate surface area is 176 Å². The number of aromatic nitrogens is 2. The lowest BCUT2D eigenvalue weighted by Crippen LogP contribution is -2.29. The van der Waals surface area contributed by atoms with Gasteiger partial charge >= 0.3 is 5.97 Å². The molecule has 2 N–H and O–H groups in total. The van der Waals surface area contributed by atoms with Gasteiger partial charge in [0.25, 0.3) is 11.8 Å². The number of carbonyl (C=O) groups excluding carboxylic acids is 3. The lowest BCUT2D eigenvalue weighted by molar-refractivity contribution is -0.135. The number of rotatable bonds is 6. The Bertz CT molecular complexity index is 1060. The van der Waals surface area contributed by atoms with Crippen LogP contribution < -0.4 is 5.32 Å². The zero-order valence-corrected chi connectivity index (χ0v) is 17.2. The SMILES string of the molecule is C=CCN1C(=O)/C(=C\C(=O)OC)SC1=Nc1nc[nH]c1C(=O)Nc1ccc(C)cc1. The van der Waals surface area contributed by atoms with Crippen LogP contribution >= 0.6 is 11.8 Å². The maximum absolute atomic E-state index is 12.6. The fourth-order valence-electron chi connectivity index (χ4n) is 2.51. The van der Waals surface area contributed by atoms with Gasteiger partial charge in [-0.15, -0.1) is 6.58 Å². The molecule has 0 atom stereocenters. The minimum Gasteiger partial charge on any atom is -0.466 e. The normalized spacial score (nSPS) is 16.2. The Morgan fingerprint density at radius 3 is 2.77 bits per heavy atom. The van der Waals surface area contributed by atoms with Crippen molar-refractivity contribution in [1.29, 1.82) is 0 Å². The number of thioether (sulfide) groups is 1. The molecular formula is C20H19N5O4S. The summed E-state index contributed by atoms with van der Waals surface area (Å²) in [5.41, 5.74) is 1.84. The van der Waals surface area contributed by atoms with Crippen LogP contribution in [0.25, 0.3) is 0 Å². The van der Waals surface area contributed by atoms with Gasteiger partial charge in [-0.3, -0.25) is 14.5 Å². The number of ether oxygens (including phenoxy) is 1. The third-order valence-corrected chi connectivity index (χ3v) is 5.01. The molecule has 2 heterocycles. The van der Waals surface area contributed by atoms with Crippen LogP contribution in [-0.2, 0) is 14.3 Å². The molecule has 1 aromatic carbocycles. The largest absolute Gasteiger partial charge is 0.466 e. The molecule has 9 nitrogen and oxygen atoms in total. The maximum Gasteiger partial charge on any atom is 0.331 e. The highest BCUT2D eigenvalue weighted by Crippen LogP contribution is 2.33. The van der Waals surface area contributed by atoms with Crippen molar-refractivity contribution in [2.24, 2.45) is 4.99 Å². The average molecular weight is 425 g/mol. The fraction of sp³-hybridized carbons (Fsp3) is 0.150. The number of hydrogen-bond donors (Lipinski definition) is 2. The molecule has 0 aliphatic carbocycles. The van der Waals surface area contributed by atoms with E-state index in [0.29, 0.717) is 5.69 Å².